The largest absolute Gasteiger partial charge is 0.494 e. The summed E-state index contributed by atoms with van der Waals surface area (Å²) in [6.07, 6.45) is 3.24. The van der Waals surface area contributed by atoms with E-state index in [1.807, 2.05) is 23.1 Å². The number of hydrogen-bond donors (Lipinski definition) is 0. The first-order valence-corrected chi connectivity index (χ1v) is 10.2. The van der Waals surface area contributed by atoms with Crippen molar-refractivity contribution in [3.8, 4) is 5.75 Å². The molecule has 4 rings (SSSR count). The summed E-state index contributed by atoms with van der Waals surface area (Å²) in [5.74, 6) is 1.26. The Hall–Kier alpha value is -2.11. The fourth-order valence-electron chi connectivity index (χ4n) is 4.18. The van der Waals surface area contributed by atoms with E-state index in [4.69, 9.17) is 4.74 Å². The highest BCUT2D eigenvalue weighted by atomic mass is 35.5. The van der Waals surface area contributed by atoms with Gasteiger partial charge in [-0.25, -0.2) is 4.39 Å². The topological polar surface area (TPSA) is 32.8 Å². The number of likely N-dealkylation sites (tertiary alicyclic amines) is 1. The van der Waals surface area contributed by atoms with Gasteiger partial charge in [0.15, 0.2) is 0 Å². The highest BCUT2D eigenvalue weighted by molar-refractivity contribution is 5.98. The van der Waals surface area contributed by atoms with Gasteiger partial charge in [-0.3, -0.25) is 4.79 Å². The first-order valence-electron chi connectivity index (χ1n) is 10.2. The minimum Gasteiger partial charge on any atom is -0.494 e. The molecule has 2 heterocycles. The van der Waals surface area contributed by atoms with Crippen molar-refractivity contribution in [3.05, 3.63) is 65.5 Å². The van der Waals surface area contributed by atoms with E-state index in [1.165, 1.54) is 12.1 Å². The van der Waals surface area contributed by atoms with E-state index < -0.39 is 0 Å². The van der Waals surface area contributed by atoms with Gasteiger partial charge in [0.25, 0.3) is 5.91 Å². The van der Waals surface area contributed by atoms with Gasteiger partial charge in [0.2, 0.25) is 0 Å². The lowest BCUT2D eigenvalue weighted by atomic mass is 9.96. The third-order valence-electron chi connectivity index (χ3n) is 5.78. The lowest BCUT2D eigenvalue weighted by molar-refractivity contribution is 0.0712. The number of amides is 1. The fraction of sp³-hybridized carbons (Fsp3) is 0.435. The van der Waals surface area contributed by atoms with Crippen molar-refractivity contribution >= 4 is 18.3 Å². The van der Waals surface area contributed by atoms with Crippen LogP contribution < -0.4 is 4.74 Å². The molecular weight excluding hydrogens is 391 g/mol. The summed E-state index contributed by atoms with van der Waals surface area (Å²) >= 11 is 0. The van der Waals surface area contributed by atoms with Crippen LogP contribution in [0.3, 0.4) is 0 Å². The first kappa shape index (κ1) is 21.6. The molecule has 0 radical (unpaired) electrons. The monoisotopic (exact) mass is 418 g/mol. The van der Waals surface area contributed by atoms with Crippen LogP contribution in [0.4, 0.5) is 4.39 Å². The quantitative estimate of drug-likeness (QED) is 0.625. The van der Waals surface area contributed by atoms with Gasteiger partial charge in [-0.05, 0) is 74.2 Å². The predicted octanol–water partition coefficient (Wildman–Crippen LogP) is 4.38. The van der Waals surface area contributed by atoms with E-state index in [0.29, 0.717) is 12.5 Å². The molecule has 29 heavy (non-hydrogen) atoms. The number of halogens is 2. The Labute approximate surface area is 178 Å². The zero-order valence-electron chi connectivity index (χ0n) is 16.6. The second-order valence-electron chi connectivity index (χ2n) is 7.78. The molecule has 1 amide bonds. The molecule has 0 N–H and O–H groups in total. The van der Waals surface area contributed by atoms with Crippen molar-refractivity contribution in [1.82, 2.24) is 9.80 Å². The number of carbonyl (C=O) groups excluding carboxylic acids is 1. The van der Waals surface area contributed by atoms with Crippen LogP contribution >= 0.6 is 12.4 Å². The van der Waals surface area contributed by atoms with Crippen LogP contribution in [-0.2, 0) is 6.54 Å². The van der Waals surface area contributed by atoms with Gasteiger partial charge in [0.05, 0.1) is 6.61 Å². The highest BCUT2D eigenvalue weighted by Gasteiger charge is 2.29. The Kier molecular flexibility index (Phi) is 7.51. The van der Waals surface area contributed by atoms with Gasteiger partial charge in [-0.2, -0.15) is 0 Å². The zero-order chi connectivity index (χ0) is 19.3. The molecule has 6 heteroatoms. The summed E-state index contributed by atoms with van der Waals surface area (Å²) in [5.41, 5.74) is 2.03. The van der Waals surface area contributed by atoms with Gasteiger partial charge in [-0.15, -0.1) is 12.4 Å². The van der Waals surface area contributed by atoms with Crippen molar-refractivity contribution in [2.45, 2.75) is 25.8 Å². The third kappa shape index (κ3) is 5.49. The van der Waals surface area contributed by atoms with Crippen LogP contribution in [0.5, 0.6) is 5.75 Å². The van der Waals surface area contributed by atoms with E-state index >= 15 is 0 Å². The van der Waals surface area contributed by atoms with Crippen LogP contribution in [0.2, 0.25) is 0 Å². The van der Waals surface area contributed by atoms with E-state index in [-0.39, 0.29) is 24.1 Å². The number of fused-ring (bicyclic) bond motifs is 1. The number of carbonyl (C=O) groups is 1. The van der Waals surface area contributed by atoms with Crippen LogP contribution in [-0.4, -0.2) is 48.5 Å². The number of benzene rings is 2. The number of hydrogen-bond acceptors (Lipinski definition) is 3. The molecule has 4 nitrogen and oxygen atoms in total. The summed E-state index contributed by atoms with van der Waals surface area (Å²) in [5, 5.41) is 0. The summed E-state index contributed by atoms with van der Waals surface area (Å²) < 4.78 is 18.6. The molecule has 2 aromatic rings. The normalized spacial score (nSPS) is 17.1. The summed E-state index contributed by atoms with van der Waals surface area (Å²) in [4.78, 5) is 17.0. The van der Waals surface area contributed by atoms with Crippen molar-refractivity contribution < 1.29 is 13.9 Å². The molecule has 0 bridgehead atoms. The van der Waals surface area contributed by atoms with Gasteiger partial charge in [0, 0.05) is 25.2 Å². The number of rotatable bonds is 7. The summed E-state index contributed by atoms with van der Waals surface area (Å²) in [7, 11) is 0. The lowest BCUT2D eigenvalue weighted by Crippen LogP contribution is -2.39. The van der Waals surface area contributed by atoms with Gasteiger partial charge in [-0.1, -0.05) is 18.2 Å². The second kappa shape index (κ2) is 10.1. The number of ether oxygens (including phenoxy) is 1. The van der Waals surface area contributed by atoms with Gasteiger partial charge < -0.3 is 14.5 Å². The Bertz CT molecular complexity index is 807. The van der Waals surface area contributed by atoms with E-state index in [0.717, 1.165) is 68.9 Å². The molecule has 1 saturated heterocycles. The van der Waals surface area contributed by atoms with Crippen LogP contribution in [0.25, 0.3) is 0 Å². The maximum atomic E-state index is 12.9. The molecule has 0 saturated carbocycles. The van der Waals surface area contributed by atoms with Crippen molar-refractivity contribution in [2.75, 3.05) is 32.8 Å². The Balaban J connectivity index is 0.00000240. The Morgan fingerprint density at radius 3 is 2.48 bits per heavy atom. The molecule has 1 fully saturated rings. The van der Waals surface area contributed by atoms with Crippen LogP contribution in [0, 0.1) is 11.7 Å². The molecule has 156 valence electrons. The molecule has 0 aromatic heterocycles. The highest BCUT2D eigenvalue weighted by Crippen LogP contribution is 2.26. The molecule has 0 aliphatic carbocycles. The SMILES string of the molecule is Cl.O=C1c2ccccc2CN1CC1CCN(CCCOc2ccc(F)cc2)CC1. The molecule has 2 aliphatic rings. The van der Waals surface area contributed by atoms with Crippen LogP contribution in [0.15, 0.2) is 48.5 Å². The van der Waals surface area contributed by atoms with Crippen molar-refractivity contribution in [2.24, 2.45) is 5.92 Å². The molecule has 0 atom stereocenters. The average Bonchev–Trinajstić information content (AvgIpc) is 3.04. The van der Waals surface area contributed by atoms with Crippen molar-refractivity contribution in [3.63, 3.8) is 0 Å². The number of nitrogens with zero attached hydrogens (tertiary/aromatic N) is 2. The average molecular weight is 419 g/mol. The maximum absolute atomic E-state index is 12.9. The van der Waals surface area contributed by atoms with Crippen molar-refractivity contribution in [1.29, 1.82) is 0 Å². The zero-order valence-corrected chi connectivity index (χ0v) is 17.4. The van der Waals surface area contributed by atoms with Crippen LogP contribution in [0.1, 0.15) is 35.2 Å². The third-order valence-corrected chi connectivity index (χ3v) is 5.78. The van der Waals surface area contributed by atoms with E-state index in [1.54, 1.807) is 12.1 Å². The lowest BCUT2D eigenvalue weighted by Gasteiger charge is -2.33. The Morgan fingerprint density at radius 2 is 1.76 bits per heavy atom. The van der Waals surface area contributed by atoms with E-state index in [9.17, 15) is 9.18 Å². The summed E-state index contributed by atoms with van der Waals surface area (Å²) in [6, 6.07) is 14.1. The molecule has 2 aromatic carbocycles. The minimum absolute atomic E-state index is 0. The van der Waals surface area contributed by atoms with Gasteiger partial charge >= 0.3 is 0 Å². The minimum atomic E-state index is -0.241. The molecule has 2 aliphatic heterocycles. The number of piperidine rings is 1. The van der Waals surface area contributed by atoms with E-state index in [2.05, 4.69) is 11.0 Å². The second-order valence-corrected chi connectivity index (χ2v) is 7.78. The molecular formula is C23H28ClFN2O2. The predicted molar refractivity (Wildman–Crippen MR) is 114 cm³/mol. The Morgan fingerprint density at radius 1 is 1.03 bits per heavy atom. The summed E-state index contributed by atoms with van der Waals surface area (Å²) in [6.45, 7) is 5.45. The maximum Gasteiger partial charge on any atom is 0.254 e. The first-order chi connectivity index (χ1) is 13.7. The molecule has 0 unspecified atom stereocenters. The van der Waals surface area contributed by atoms with Gasteiger partial charge in [0.1, 0.15) is 11.6 Å². The standard InChI is InChI=1S/C23H27FN2O2.ClH/c24-20-6-8-21(9-7-20)28-15-3-12-25-13-10-18(11-14-25)16-26-17-19-4-1-2-5-22(19)23(26)27;/h1-2,4-9,18H,3,10-17H2;1H. The molecule has 0 spiro atoms. The fourth-order valence-corrected chi connectivity index (χ4v) is 4.18. The smallest absolute Gasteiger partial charge is 0.254 e.